The van der Waals surface area contributed by atoms with Crippen molar-refractivity contribution in [3.05, 3.63) is 41.0 Å². The number of rotatable bonds is 6. The maximum absolute atomic E-state index is 12.0. The molecule has 23 heavy (non-hydrogen) atoms. The Bertz CT molecular complexity index is 704. The minimum atomic E-state index is -0.0550. The molecule has 6 heteroatoms. The highest BCUT2D eigenvalue weighted by Gasteiger charge is 2.28. The highest BCUT2D eigenvalue weighted by atomic mass is 16.5. The lowest BCUT2D eigenvalue weighted by Crippen LogP contribution is -2.30. The molecule has 1 amide bonds. The Kier molecular flexibility index (Phi) is 4.32. The maximum atomic E-state index is 12.0. The largest absolute Gasteiger partial charge is 0.376 e. The SMILES string of the molecule is Cc1cc(C(=O)NC(C)C)ccc1NCc1nc(C2CC2)no1. The van der Waals surface area contributed by atoms with Gasteiger partial charge in [-0.05, 0) is 57.4 Å². The smallest absolute Gasteiger partial charge is 0.251 e. The Hall–Kier alpha value is -2.37. The molecular weight excluding hydrogens is 292 g/mol. The van der Waals surface area contributed by atoms with E-state index in [0.29, 0.717) is 23.9 Å². The van der Waals surface area contributed by atoms with E-state index in [0.717, 1.165) is 29.9 Å². The second-order valence-corrected chi connectivity index (χ2v) is 6.33. The summed E-state index contributed by atoms with van der Waals surface area (Å²) in [7, 11) is 0. The number of nitrogens with zero attached hydrogens (tertiary/aromatic N) is 2. The van der Waals surface area contributed by atoms with Crippen molar-refractivity contribution in [3.63, 3.8) is 0 Å². The molecule has 0 radical (unpaired) electrons. The van der Waals surface area contributed by atoms with E-state index in [1.807, 2.05) is 39.0 Å². The topological polar surface area (TPSA) is 80.0 Å². The van der Waals surface area contributed by atoms with E-state index in [1.54, 1.807) is 0 Å². The molecule has 0 unspecified atom stereocenters. The second kappa shape index (κ2) is 6.40. The van der Waals surface area contributed by atoms with E-state index < -0.39 is 0 Å². The minimum Gasteiger partial charge on any atom is -0.376 e. The van der Waals surface area contributed by atoms with Crippen LogP contribution in [0.5, 0.6) is 0 Å². The minimum absolute atomic E-state index is 0.0550. The number of amides is 1. The third-order valence-corrected chi connectivity index (χ3v) is 3.76. The molecule has 1 aliphatic rings. The molecule has 2 N–H and O–H groups in total. The van der Waals surface area contributed by atoms with Crippen molar-refractivity contribution < 1.29 is 9.32 Å². The standard InChI is InChI=1S/C17H22N4O2/c1-10(2)19-17(22)13-6-7-14(11(3)8-13)18-9-15-20-16(21-23-15)12-4-5-12/h6-8,10,12,18H,4-5,9H2,1-3H3,(H,19,22). The number of benzene rings is 1. The van der Waals surface area contributed by atoms with Crippen molar-refractivity contribution in [1.82, 2.24) is 15.5 Å². The lowest BCUT2D eigenvalue weighted by molar-refractivity contribution is 0.0943. The number of hydrogen-bond acceptors (Lipinski definition) is 5. The summed E-state index contributed by atoms with van der Waals surface area (Å²) in [6.45, 7) is 6.35. The number of aryl methyl sites for hydroxylation is 1. The van der Waals surface area contributed by atoms with E-state index in [4.69, 9.17) is 4.52 Å². The van der Waals surface area contributed by atoms with E-state index in [1.165, 1.54) is 0 Å². The first-order valence-corrected chi connectivity index (χ1v) is 8.01. The van der Waals surface area contributed by atoms with Gasteiger partial charge in [0.2, 0.25) is 5.89 Å². The van der Waals surface area contributed by atoms with Crippen LogP contribution in [-0.2, 0) is 6.54 Å². The monoisotopic (exact) mass is 314 g/mol. The highest BCUT2D eigenvalue weighted by Crippen LogP contribution is 2.38. The van der Waals surface area contributed by atoms with Gasteiger partial charge in [0.1, 0.15) is 0 Å². The third kappa shape index (κ3) is 3.88. The molecule has 1 aromatic carbocycles. The zero-order valence-corrected chi connectivity index (χ0v) is 13.7. The average molecular weight is 314 g/mol. The highest BCUT2D eigenvalue weighted by molar-refractivity contribution is 5.95. The quantitative estimate of drug-likeness (QED) is 0.856. The molecule has 6 nitrogen and oxygen atoms in total. The van der Waals surface area contributed by atoms with Crippen molar-refractivity contribution in [2.75, 3.05) is 5.32 Å². The Balaban J connectivity index is 1.62. The maximum Gasteiger partial charge on any atom is 0.251 e. The summed E-state index contributed by atoms with van der Waals surface area (Å²) in [6.07, 6.45) is 2.32. The van der Waals surface area contributed by atoms with Crippen molar-refractivity contribution in [1.29, 1.82) is 0 Å². The Labute approximate surface area is 135 Å². The molecule has 1 heterocycles. The van der Waals surface area contributed by atoms with Gasteiger partial charge in [0.25, 0.3) is 5.91 Å². The normalized spacial score (nSPS) is 14.1. The zero-order chi connectivity index (χ0) is 16.4. The molecule has 0 bridgehead atoms. The van der Waals surface area contributed by atoms with Gasteiger partial charge in [-0.1, -0.05) is 5.16 Å². The number of aromatic nitrogens is 2. The molecular formula is C17H22N4O2. The first-order chi connectivity index (χ1) is 11.0. The van der Waals surface area contributed by atoms with E-state index in [2.05, 4.69) is 20.8 Å². The fourth-order valence-corrected chi connectivity index (χ4v) is 2.37. The van der Waals surface area contributed by atoms with Crippen LogP contribution in [0.1, 0.15) is 60.2 Å². The van der Waals surface area contributed by atoms with Crippen LogP contribution in [-0.4, -0.2) is 22.1 Å². The molecule has 1 fully saturated rings. The Morgan fingerprint density at radius 2 is 2.17 bits per heavy atom. The second-order valence-electron chi connectivity index (χ2n) is 6.33. The summed E-state index contributed by atoms with van der Waals surface area (Å²) in [5.41, 5.74) is 2.62. The molecule has 1 aliphatic carbocycles. The molecule has 1 saturated carbocycles. The fraction of sp³-hybridized carbons (Fsp3) is 0.471. The molecule has 0 spiro atoms. The van der Waals surface area contributed by atoms with Crippen LogP contribution in [0.3, 0.4) is 0 Å². The van der Waals surface area contributed by atoms with Crippen LogP contribution < -0.4 is 10.6 Å². The van der Waals surface area contributed by atoms with Crippen LogP contribution >= 0.6 is 0 Å². The molecule has 2 aromatic rings. The van der Waals surface area contributed by atoms with Gasteiger partial charge in [-0.15, -0.1) is 0 Å². The molecule has 0 saturated heterocycles. The summed E-state index contributed by atoms with van der Waals surface area (Å²) in [6, 6.07) is 5.72. The Morgan fingerprint density at radius 3 is 2.83 bits per heavy atom. The summed E-state index contributed by atoms with van der Waals surface area (Å²) in [4.78, 5) is 16.4. The van der Waals surface area contributed by atoms with Gasteiger partial charge < -0.3 is 15.2 Å². The van der Waals surface area contributed by atoms with E-state index in [-0.39, 0.29) is 11.9 Å². The van der Waals surface area contributed by atoms with Crippen molar-refractivity contribution in [2.45, 2.75) is 52.1 Å². The van der Waals surface area contributed by atoms with Crippen molar-refractivity contribution in [3.8, 4) is 0 Å². The number of carbonyl (C=O) groups excluding carboxylic acids is 1. The summed E-state index contributed by atoms with van der Waals surface area (Å²) in [5, 5.41) is 10.2. The summed E-state index contributed by atoms with van der Waals surface area (Å²) < 4.78 is 5.25. The van der Waals surface area contributed by atoms with Crippen LogP contribution in [0.25, 0.3) is 0 Å². The van der Waals surface area contributed by atoms with Gasteiger partial charge in [-0.3, -0.25) is 4.79 Å². The van der Waals surface area contributed by atoms with Crippen molar-refractivity contribution >= 4 is 11.6 Å². The van der Waals surface area contributed by atoms with Crippen LogP contribution in [0.4, 0.5) is 5.69 Å². The molecule has 3 rings (SSSR count). The predicted molar refractivity (Wildman–Crippen MR) is 87.4 cm³/mol. The van der Waals surface area contributed by atoms with E-state index in [9.17, 15) is 4.79 Å². The van der Waals surface area contributed by atoms with Gasteiger partial charge in [-0.2, -0.15) is 4.98 Å². The first-order valence-electron chi connectivity index (χ1n) is 8.01. The molecule has 0 atom stereocenters. The number of hydrogen-bond donors (Lipinski definition) is 2. The molecule has 1 aromatic heterocycles. The first kappa shape index (κ1) is 15.5. The zero-order valence-electron chi connectivity index (χ0n) is 13.7. The van der Waals surface area contributed by atoms with Gasteiger partial charge in [0, 0.05) is 23.2 Å². The van der Waals surface area contributed by atoms with Crippen molar-refractivity contribution in [2.24, 2.45) is 0 Å². The van der Waals surface area contributed by atoms with Crippen LogP contribution in [0, 0.1) is 6.92 Å². The third-order valence-electron chi connectivity index (χ3n) is 3.76. The fourth-order valence-electron chi connectivity index (χ4n) is 2.37. The summed E-state index contributed by atoms with van der Waals surface area (Å²) in [5.74, 6) is 1.85. The average Bonchev–Trinajstić information content (AvgIpc) is 3.24. The number of nitrogens with one attached hydrogen (secondary N) is 2. The van der Waals surface area contributed by atoms with Gasteiger partial charge >= 0.3 is 0 Å². The Morgan fingerprint density at radius 1 is 1.39 bits per heavy atom. The molecule has 0 aliphatic heterocycles. The summed E-state index contributed by atoms with van der Waals surface area (Å²) >= 11 is 0. The lowest BCUT2D eigenvalue weighted by atomic mass is 10.1. The predicted octanol–water partition coefficient (Wildman–Crippen LogP) is 3.01. The van der Waals surface area contributed by atoms with Gasteiger partial charge in [0.15, 0.2) is 5.82 Å². The number of anilines is 1. The molecule has 122 valence electrons. The lowest BCUT2D eigenvalue weighted by Gasteiger charge is -2.11. The van der Waals surface area contributed by atoms with Crippen LogP contribution in [0.2, 0.25) is 0 Å². The van der Waals surface area contributed by atoms with Gasteiger partial charge in [-0.25, -0.2) is 0 Å². The van der Waals surface area contributed by atoms with E-state index >= 15 is 0 Å². The van der Waals surface area contributed by atoms with Crippen LogP contribution in [0.15, 0.2) is 22.7 Å². The van der Waals surface area contributed by atoms with Gasteiger partial charge in [0.05, 0.1) is 6.54 Å². The number of carbonyl (C=O) groups is 1.